The first-order valence-electron chi connectivity index (χ1n) is 23.0. The van der Waals surface area contributed by atoms with Crippen molar-refractivity contribution in [3.63, 3.8) is 0 Å². The van der Waals surface area contributed by atoms with E-state index in [4.69, 9.17) is 25.4 Å². The number of nitrogens with one attached hydrogen (secondary N) is 2. The summed E-state index contributed by atoms with van der Waals surface area (Å²) in [6.07, 6.45) is 9.13. The lowest BCUT2D eigenvalue weighted by Crippen LogP contribution is -2.46. The molecule has 2 saturated heterocycles. The lowest BCUT2D eigenvalue weighted by atomic mass is 10.1. The number of fused-ring (bicyclic) bond motifs is 4. The number of para-hydroxylation sites is 4. The molecule has 6 N–H and O–H groups in total. The third kappa shape index (κ3) is 9.88. The summed E-state index contributed by atoms with van der Waals surface area (Å²) < 4.78 is 20.0. The van der Waals surface area contributed by atoms with Crippen molar-refractivity contribution in [1.82, 2.24) is 14.4 Å². The molecule has 0 spiro atoms. The number of rotatable bonds is 14. The Labute approximate surface area is 375 Å². The average Bonchev–Trinajstić information content (AvgIpc) is 4.13. The largest absolute Gasteiger partial charge is 0.491 e. The van der Waals surface area contributed by atoms with E-state index >= 15 is 0 Å². The van der Waals surface area contributed by atoms with E-state index in [0.29, 0.717) is 5.69 Å². The summed E-state index contributed by atoms with van der Waals surface area (Å²) >= 11 is 0. The number of carbonyl (C=O) groups is 2. The molecule has 4 amide bonds. The van der Waals surface area contributed by atoms with E-state index in [2.05, 4.69) is 77.3 Å². The van der Waals surface area contributed by atoms with Crippen molar-refractivity contribution in [3.05, 3.63) is 108 Å². The van der Waals surface area contributed by atoms with Crippen LogP contribution in [-0.4, -0.2) is 105 Å². The van der Waals surface area contributed by atoms with Crippen LogP contribution < -0.4 is 41.4 Å². The summed E-state index contributed by atoms with van der Waals surface area (Å²) in [6, 6.07) is 27.8. The zero-order valence-electron chi connectivity index (χ0n) is 36.7. The molecule has 64 heavy (non-hydrogen) atoms. The molecule has 0 unspecified atom stereocenters. The fraction of sp³-hybridized carbons (Fsp3) is 0.400. The Morgan fingerprint density at radius 2 is 1.12 bits per heavy atom. The number of nitrogens with two attached hydrogens (primary N) is 2. The van der Waals surface area contributed by atoms with Gasteiger partial charge in [0.2, 0.25) is 0 Å². The van der Waals surface area contributed by atoms with Gasteiger partial charge in [-0.05, 0) is 80.2 Å². The minimum absolute atomic E-state index is 0.529. The number of urea groups is 2. The molecule has 14 heteroatoms. The highest BCUT2D eigenvalue weighted by Gasteiger charge is 2.25. The summed E-state index contributed by atoms with van der Waals surface area (Å²) in [5, 5.41) is 7.41. The SMILES string of the molecule is NC(=O)Nc1c(CCCCN2CCN(c3cccc4c3OCC4)CC2)oc2ccccc12.NC(=O)Nc1cn(CCCCN2CCN(c3cccc4c3OCC4)CC2)c2ccccc12. The van der Waals surface area contributed by atoms with E-state index in [9.17, 15) is 9.59 Å². The van der Waals surface area contributed by atoms with Crippen LogP contribution in [0.5, 0.6) is 11.5 Å². The molecule has 2 fully saturated rings. The zero-order valence-corrected chi connectivity index (χ0v) is 36.7. The Morgan fingerprint density at radius 3 is 1.73 bits per heavy atom. The third-order valence-corrected chi connectivity index (χ3v) is 13.0. The first-order valence-corrected chi connectivity index (χ1v) is 23.0. The minimum atomic E-state index is -0.565. The van der Waals surface area contributed by atoms with Gasteiger partial charge >= 0.3 is 12.1 Å². The lowest BCUT2D eigenvalue weighted by molar-refractivity contribution is 0.250. The number of benzene rings is 4. The maximum absolute atomic E-state index is 11.4. The van der Waals surface area contributed by atoms with E-state index in [1.54, 1.807) is 0 Å². The second-order valence-corrected chi connectivity index (χ2v) is 17.2. The first kappa shape index (κ1) is 42.9. The Morgan fingerprint density at radius 1 is 0.578 bits per heavy atom. The predicted octanol–water partition coefficient (Wildman–Crippen LogP) is 7.67. The summed E-state index contributed by atoms with van der Waals surface area (Å²) in [6.45, 7) is 13.1. The number of anilines is 4. The van der Waals surface area contributed by atoms with Gasteiger partial charge in [-0.15, -0.1) is 0 Å². The van der Waals surface area contributed by atoms with Crippen LogP contribution in [0.2, 0.25) is 0 Å². The van der Waals surface area contributed by atoms with Gasteiger partial charge in [-0.2, -0.15) is 0 Å². The van der Waals surface area contributed by atoms with Crippen LogP contribution in [0.3, 0.4) is 0 Å². The molecule has 0 saturated carbocycles. The number of carbonyl (C=O) groups excluding carboxylic acids is 2. The molecule has 4 aromatic carbocycles. The molecule has 4 aliphatic heterocycles. The van der Waals surface area contributed by atoms with Gasteiger partial charge in [0.15, 0.2) is 0 Å². The fourth-order valence-electron chi connectivity index (χ4n) is 9.75. The van der Waals surface area contributed by atoms with Crippen molar-refractivity contribution in [2.75, 3.05) is 99.1 Å². The van der Waals surface area contributed by atoms with Gasteiger partial charge in [-0.3, -0.25) is 9.80 Å². The Kier molecular flexibility index (Phi) is 13.4. The average molecular weight is 868 g/mol. The molecule has 6 heterocycles. The van der Waals surface area contributed by atoms with Crippen molar-refractivity contribution in [3.8, 4) is 11.5 Å². The Hall–Kier alpha value is -6.38. The number of aryl methyl sites for hydroxylation is 2. The topological polar surface area (TPSA) is 160 Å². The first-order chi connectivity index (χ1) is 31.4. The molecule has 4 aliphatic rings. The van der Waals surface area contributed by atoms with Crippen LogP contribution in [0.15, 0.2) is 95.5 Å². The number of furan rings is 1. The molecular weight excluding hydrogens is 807 g/mol. The molecule has 0 atom stereocenters. The van der Waals surface area contributed by atoms with E-state index in [-0.39, 0.29) is 0 Å². The second-order valence-electron chi connectivity index (χ2n) is 17.2. The van der Waals surface area contributed by atoms with Gasteiger partial charge in [0.1, 0.15) is 22.8 Å². The van der Waals surface area contributed by atoms with E-state index < -0.39 is 12.1 Å². The van der Waals surface area contributed by atoms with Crippen LogP contribution in [-0.2, 0) is 25.8 Å². The number of nitrogens with zero attached hydrogens (tertiary/aromatic N) is 5. The number of hydrogen-bond donors (Lipinski definition) is 4. The fourth-order valence-corrected chi connectivity index (χ4v) is 9.75. The van der Waals surface area contributed by atoms with Crippen LogP contribution in [0.1, 0.15) is 42.6 Å². The zero-order chi connectivity index (χ0) is 43.8. The molecule has 2 aromatic heterocycles. The maximum atomic E-state index is 11.4. The van der Waals surface area contributed by atoms with Crippen LogP contribution in [0.25, 0.3) is 21.9 Å². The van der Waals surface area contributed by atoms with Gasteiger partial charge in [0.25, 0.3) is 0 Å². The Balaban J connectivity index is 0.000000162. The molecule has 336 valence electrons. The van der Waals surface area contributed by atoms with Gasteiger partial charge < -0.3 is 50.4 Å². The number of primary amides is 2. The normalized spacial score (nSPS) is 16.2. The number of amides is 4. The van der Waals surface area contributed by atoms with Crippen molar-refractivity contribution in [2.24, 2.45) is 11.5 Å². The molecule has 0 radical (unpaired) electrons. The standard InChI is InChI=1S/C25H31N5O2.C25H30N4O3/c26-25(31)27-21-18-30(22-8-2-1-7-20(21)22)12-4-3-11-28-13-15-29(16-14-28)23-9-5-6-19-10-17-32-24(19)23;26-25(30)27-23-19-7-1-2-9-21(19)32-22(23)10-3-4-12-28-13-15-29(16-14-28)20-8-5-6-18-11-17-31-24(18)20/h1-2,5-9,18H,3-4,10-17H2,(H3,26,27,31);1-2,5-9H,3-4,10-17H2,(H3,26,27,30). The van der Waals surface area contributed by atoms with E-state index in [1.165, 1.54) is 22.5 Å². The highest BCUT2D eigenvalue weighted by Crippen LogP contribution is 2.38. The van der Waals surface area contributed by atoms with Gasteiger partial charge in [0, 0.05) is 95.1 Å². The number of hydrogen-bond acceptors (Lipinski definition) is 9. The van der Waals surface area contributed by atoms with Crippen LogP contribution in [0, 0.1) is 0 Å². The van der Waals surface area contributed by atoms with Crippen molar-refractivity contribution >= 4 is 56.7 Å². The molecule has 0 bridgehead atoms. The Bertz CT molecular complexity index is 2550. The van der Waals surface area contributed by atoms with Gasteiger partial charge in [-0.1, -0.05) is 54.6 Å². The van der Waals surface area contributed by atoms with Crippen molar-refractivity contribution in [1.29, 1.82) is 0 Å². The number of piperazine rings is 2. The summed E-state index contributed by atoms with van der Waals surface area (Å²) in [4.78, 5) is 32.8. The molecule has 6 aromatic rings. The van der Waals surface area contributed by atoms with Gasteiger partial charge in [0.05, 0.1) is 41.5 Å². The number of ether oxygens (including phenoxy) is 2. The molecular formula is C50H61N9O5. The third-order valence-electron chi connectivity index (χ3n) is 13.0. The van der Waals surface area contributed by atoms with E-state index in [1.807, 2.05) is 48.7 Å². The van der Waals surface area contributed by atoms with Crippen molar-refractivity contribution in [2.45, 2.75) is 51.5 Å². The summed E-state index contributed by atoms with van der Waals surface area (Å²) in [7, 11) is 0. The van der Waals surface area contributed by atoms with Crippen molar-refractivity contribution < 1.29 is 23.5 Å². The highest BCUT2D eigenvalue weighted by molar-refractivity contribution is 6.01. The van der Waals surface area contributed by atoms with Crippen LogP contribution >= 0.6 is 0 Å². The molecule has 14 nitrogen and oxygen atoms in total. The van der Waals surface area contributed by atoms with Gasteiger partial charge in [-0.25, -0.2) is 9.59 Å². The second kappa shape index (κ2) is 20.0. The molecule has 10 rings (SSSR count). The molecule has 0 aliphatic carbocycles. The van der Waals surface area contributed by atoms with Crippen LogP contribution in [0.4, 0.5) is 32.3 Å². The highest BCUT2D eigenvalue weighted by atomic mass is 16.5. The maximum Gasteiger partial charge on any atom is 0.316 e. The number of aromatic nitrogens is 1. The lowest BCUT2D eigenvalue weighted by Gasteiger charge is -2.36. The smallest absolute Gasteiger partial charge is 0.316 e. The predicted molar refractivity (Wildman–Crippen MR) is 255 cm³/mol. The minimum Gasteiger partial charge on any atom is -0.491 e. The summed E-state index contributed by atoms with van der Waals surface area (Å²) in [5.74, 6) is 2.99. The number of unbranched alkanes of at least 4 members (excludes halogenated alkanes) is 2. The quantitative estimate of drug-likeness (QED) is 0.0806. The summed E-state index contributed by atoms with van der Waals surface area (Å²) in [5.41, 5.74) is 19.3. The monoisotopic (exact) mass is 867 g/mol. The van der Waals surface area contributed by atoms with E-state index in [0.717, 1.165) is 175 Å².